The van der Waals surface area contributed by atoms with Crippen molar-refractivity contribution in [2.45, 2.75) is 43.5 Å². The lowest BCUT2D eigenvalue weighted by molar-refractivity contribution is 0.436. The normalized spacial score (nSPS) is 18.3. The zero-order valence-corrected chi connectivity index (χ0v) is 14.7. The number of aromatic amines is 1. The number of thioether (sulfide) groups is 1. The molecule has 23 heavy (non-hydrogen) atoms. The molecule has 6 nitrogen and oxygen atoms in total. The van der Waals surface area contributed by atoms with Crippen LogP contribution in [0.5, 0.6) is 0 Å². The average Bonchev–Trinajstić information content (AvgIpc) is 2.94. The molecule has 0 radical (unpaired) electrons. The van der Waals surface area contributed by atoms with Crippen LogP contribution >= 0.6 is 11.8 Å². The third-order valence-corrected chi connectivity index (χ3v) is 5.54. The van der Waals surface area contributed by atoms with Crippen molar-refractivity contribution >= 4 is 11.8 Å². The molecule has 0 aliphatic carbocycles. The van der Waals surface area contributed by atoms with Crippen molar-refractivity contribution in [1.29, 1.82) is 0 Å². The summed E-state index contributed by atoms with van der Waals surface area (Å²) in [6.45, 7) is 5.77. The third-order valence-electron chi connectivity index (χ3n) is 4.49. The molecular formula is C16H23N5OS. The van der Waals surface area contributed by atoms with Gasteiger partial charge in [-0.1, -0.05) is 11.8 Å². The Bertz CT molecular complexity index is 745. The Kier molecular flexibility index (Phi) is 4.87. The summed E-state index contributed by atoms with van der Waals surface area (Å²) in [6, 6.07) is 0. The number of nitrogens with zero attached hydrogens (tertiary/aromatic N) is 3. The van der Waals surface area contributed by atoms with Crippen LogP contribution in [-0.2, 0) is 12.8 Å². The van der Waals surface area contributed by atoms with Crippen molar-refractivity contribution in [3.8, 4) is 0 Å². The lowest BCUT2D eigenvalue weighted by atomic mass is 9.99. The fraction of sp³-hybridized carbons (Fsp3) is 0.562. The summed E-state index contributed by atoms with van der Waals surface area (Å²) < 4.78 is 2.09. The van der Waals surface area contributed by atoms with Gasteiger partial charge in [0.15, 0.2) is 10.6 Å². The molecule has 3 rings (SSSR count). The van der Waals surface area contributed by atoms with Gasteiger partial charge in [-0.25, -0.2) is 0 Å². The van der Waals surface area contributed by atoms with E-state index in [1.807, 2.05) is 20.9 Å². The molecule has 1 aliphatic heterocycles. The predicted octanol–water partition coefficient (Wildman–Crippen LogP) is 1.88. The molecule has 3 heterocycles. The molecule has 1 aliphatic rings. The average molecular weight is 333 g/mol. The van der Waals surface area contributed by atoms with E-state index in [-0.39, 0.29) is 5.43 Å². The number of pyridine rings is 1. The molecule has 1 saturated heterocycles. The van der Waals surface area contributed by atoms with Gasteiger partial charge in [-0.05, 0) is 33.2 Å². The van der Waals surface area contributed by atoms with Gasteiger partial charge in [0, 0.05) is 48.3 Å². The Morgan fingerprint density at radius 3 is 2.96 bits per heavy atom. The number of nitrogens with one attached hydrogen (secondary N) is 2. The monoisotopic (exact) mass is 333 g/mol. The van der Waals surface area contributed by atoms with Crippen molar-refractivity contribution in [3.63, 3.8) is 0 Å². The van der Waals surface area contributed by atoms with Gasteiger partial charge in [-0.3, -0.25) is 4.79 Å². The highest BCUT2D eigenvalue weighted by molar-refractivity contribution is 7.98. The van der Waals surface area contributed by atoms with Crippen molar-refractivity contribution < 1.29 is 0 Å². The Morgan fingerprint density at radius 1 is 1.39 bits per heavy atom. The molecule has 0 amide bonds. The third kappa shape index (κ3) is 3.35. The molecule has 1 atom stereocenters. The summed E-state index contributed by atoms with van der Waals surface area (Å²) in [5.41, 5.74) is 2.61. The number of H-pyrrole nitrogens is 1. The van der Waals surface area contributed by atoms with E-state index in [4.69, 9.17) is 0 Å². The Balaban J connectivity index is 1.73. The predicted molar refractivity (Wildman–Crippen MR) is 91.9 cm³/mol. The molecule has 1 unspecified atom stereocenters. The van der Waals surface area contributed by atoms with Gasteiger partial charge < -0.3 is 14.9 Å². The van der Waals surface area contributed by atoms with E-state index in [1.54, 1.807) is 18.0 Å². The number of aromatic nitrogens is 4. The Hall–Kier alpha value is -1.60. The van der Waals surface area contributed by atoms with Crippen molar-refractivity contribution in [2.24, 2.45) is 7.05 Å². The summed E-state index contributed by atoms with van der Waals surface area (Å²) in [6.07, 6.45) is 4.12. The van der Waals surface area contributed by atoms with Gasteiger partial charge in [-0.15, -0.1) is 10.2 Å². The molecule has 0 bridgehead atoms. The molecule has 124 valence electrons. The van der Waals surface area contributed by atoms with E-state index in [0.29, 0.717) is 11.7 Å². The summed E-state index contributed by atoms with van der Waals surface area (Å²) in [4.78, 5) is 15.2. The largest absolute Gasteiger partial charge is 0.364 e. The van der Waals surface area contributed by atoms with E-state index < -0.39 is 0 Å². The van der Waals surface area contributed by atoms with E-state index in [1.165, 1.54) is 6.42 Å². The maximum absolute atomic E-state index is 12.0. The van der Waals surface area contributed by atoms with E-state index in [9.17, 15) is 4.79 Å². The highest BCUT2D eigenvalue weighted by Crippen LogP contribution is 2.26. The Labute approximate surface area is 140 Å². The smallest absolute Gasteiger partial charge is 0.191 e. The summed E-state index contributed by atoms with van der Waals surface area (Å²) in [7, 11) is 2.02. The standard InChI is InChI=1S/C16H23N5OS/c1-10-7-18-13(11(2)14(10)22)9-23-16-20-19-15(21(16)3)12-5-4-6-17-8-12/h7,12,17H,4-6,8-9H2,1-3H3,(H,18,22). The van der Waals surface area contributed by atoms with Gasteiger partial charge in [0.1, 0.15) is 5.82 Å². The first-order chi connectivity index (χ1) is 11.1. The quantitative estimate of drug-likeness (QED) is 0.836. The number of hydrogen-bond donors (Lipinski definition) is 2. The fourth-order valence-corrected chi connectivity index (χ4v) is 3.93. The lowest BCUT2D eigenvalue weighted by Crippen LogP contribution is -2.29. The van der Waals surface area contributed by atoms with Gasteiger partial charge in [-0.2, -0.15) is 0 Å². The maximum atomic E-state index is 12.0. The second kappa shape index (κ2) is 6.88. The van der Waals surface area contributed by atoms with Gasteiger partial charge in [0.2, 0.25) is 0 Å². The van der Waals surface area contributed by atoms with Crippen molar-refractivity contribution in [1.82, 2.24) is 25.1 Å². The first-order valence-electron chi connectivity index (χ1n) is 7.98. The zero-order valence-electron chi connectivity index (χ0n) is 13.8. The molecule has 0 spiro atoms. The molecule has 1 fully saturated rings. The fourth-order valence-electron chi connectivity index (χ4n) is 2.97. The number of piperidine rings is 1. The minimum absolute atomic E-state index is 0.117. The first kappa shape index (κ1) is 16.3. The number of aryl methyl sites for hydroxylation is 1. The molecule has 0 saturated carbocycles. The van der Waals surface area contributed by atoms with E-state index in [0.717, 1.165) is 47.3 Å². The number of rotatable bonds is 4. The molecule has 2 aromatic rings. The van der Waals surface area contributed by atoms with Crippen molar-refractivity contribution in [2.75, 3.05) is 13.1 Å². The zero-order chi connectivity index (χ0) is 16.4. The molecule has 7 heteroatoms. The summed E-state index contributed by atoms with van der Waals surface area (Å²) in [5.74, 6) is 2.18. The second-order valence-electron chi connectivity index (χ2n) is 6.14. The molecular weight excluding hydrogens is 310 g/mol. The summed E-state index contributed by atoms with van der Waals surface area (Å²) >= 11 is 1.61. The second-order valence-corrected chi connectivity index (χ2v) is 7.08. The van der Waals surface area contributed by atoms with Crippen LogP contribution in [0.1, 0.15) is 41.4 Å². The van der Waals surface area contributed by atoms with E-state index >= 15 is 0 Å². The number of hydrogen-bond acceptors (Lipinski definition) is 5. The maximum Gasteiger partial charge on any atom is 0.191 e. The Morgan fingerprint density at radius 2 is 2.22 bits per heavy atom. The minimum atomic E-state index is 0.117. The van der Waals surface area contributed by atoms with Crippen LogP contribution in [0, 0.1) is 13.8 Å². The van der Waals surface area contributed by atoms with Crippen LogP contribution < -0.4 is 10.7 Å². The van der Waals surface area contributed by atoms with Crippen molar-refractivity contribution in [3.05, 3.63) is 39.1 Å². The topological polar surface area (TPSA) is 75.6 Å². The van der Waals surface area contributed by atoms with Crippen LogP contribution in [0.4, 0.5) is 0 Å². The van der Waals surface area contributed by atoms with Gasteiger partial charge in [0.25, 0.3) is 0 Å². The molecule has 2 N–H and O–H groups in total. The molecule has 2 aromatic heterocycles. The molecule has 0 aromatic carbocycles. The van der Waals surface area contributed by atoms with Gasteiger partial charge in [0.05, 0.1) is 0 Å². The highest BCUT2D eigenvalue weighted by atomic mass is 32.2. The first-order valence-corrected chi connectivity index (χ1v) is 8.97. The van der Waals surface area contributed by atoms with E-state index in [2.05, 4.69) is 25.1 Å². The van der Waals surface area contributed by atoms with Crippen LogP contribution in [-0.4, -0.2) is 32.8 Å². The summed E-state index contributed by atoms with van der Waals surface area (Å²) in [5, 5.41) is 13.0. The highest BCUT2D eigenvalue weighted by Gasteiger charge is 2.21. The minimum Gasteiger partial charge on any atom is -0.364 e. The SMILES string of the molecule is Cc1c[nH]c(CSc2nnc(C3CCCNC3)n2C)c(C)c1=O. The van der Waals surface area contributed by atoms with Crippen LogP contribution in [0.25, 0.3) is 0 Å². The lowest BCUT2D eigenvalue weighted by Gasteiger charge is -2.21. The van der Waals surface area contributed by atoms with Crippen LogP contribution in [0.15, 0.2) is 16.1 Å². The van der Waals surface area contributed by atoms with Gasteiger partial charge >= 0.3 is 0 Å². The van der Waals surface area contributed by atoms with Crippen LogP contribution in [0.2, 0.25) is 0 Å². The van der Waals surface area contributed by atoms with Crippen LogP contribution in [0.3, 0.4) is 0 Å².